The third-order valence-electron chi connectivity index (χ3n) is 2.84. The Morgan fingerprint density at radius 2 is 1.86 bits per heavy atom. The lowest BCUT2D eigenvalue weighted by atomic mass is 9.84. The number of ether oxygens (including phenoxy) is 1. The molecule has 1 fully saturated rings. The van der Waals surface area contributed by atoms with E-state index in [4.69, 9.17) is 9.84 Å². The fourth-order valence-corrected chi connectivity index (χ4v) is 1.92. The number of methoxy groups -OCH3 is 1. The maximum absolute atomic E-state index is 10.9. The molecule has 4 heteroatoms. The van der Waals surface area contributed by atoms with E-state index in [1.54, 1.807) is 7.11 Å². The topological polar surface area (TPSA) is 63.6 Å². The van der Waals surface area contributed by atoms with Crippen LogP contribution in [0.4, 0.5) is 0 Å². The van der Waals surface area contributed by atoms with Gasteiger partial charge in [0.15, 0.2) is 0 Å². The van der Waals surface area contributed by atoms with Crippen LogP contribution in [0.1, 0.15) is 32.1 Å². The molecule has 0 saturated heterocycles. The molecule has 4 nitrogen and oxygen atoms in total. The van der Waals surface area contributed by atoms with Crippen molar-refractivity contribution in [2.24, 2.45) is 5.92 Å². The van der Waals surface area contributed by atoms with Crippen LogP contribution in [0.2, 0.25) is 0 Å². The minimum absolute atomic E-state index is 0.186. The Morgan fingerprint density at radius 3 is 2.29 bits per heavy atom. The number of Topliss-reactive ketones (excluding diaryl/α,β-unsaturated/α-hetero) is 1. The van der Waals surface area contributed by atoms with E-state index in [9.17, 15) is 9.59 Å². The van der Waals surface area contributed by atoms with Crippen LogP contribution >= 0.6 is 0 Å². The lowest BCUT2D eigenvalue weighted by molar-refractivity contribution is -0.149. The van der Waals surface area contributed by atoms with E-state index in [1.165, 1.54) is 0 Å². The molecular formula is C10H16O4. The molecule has 0 bridgehead atoms. The first kappa shape index (κ1) is 11.2. The van der Waals surface area contributed by atoms with Crippen molar-refractivity contribution in [3.8, 4) is 0 Å². The molecule has 0 atom stereocenters. The number of ketones is 1. The lowest BCUT2D eigenvalue weighted by Crippen LogP contribution is -2.24. The second-order valence-electron chi connectivity index (χ2n) is 3.81. The second kappa shape index (κ2) is 5.10. The number of rotatable bonds is 4. The molecule has 1 rings (SSSR count). The molecule has 1 saturated carbocycles. The molecule has 0 amide bonds. The third-order valence-corrected chi connectivity index (χ3v) is 2.84. The molecular weight excluding hydrogens is 184 g/mol. The van der Waals surface area contributed by atoms with E-state index >= 15 is 0 Å². The molecule has 1 aliphatic carbocycles. The number of carboxylic acids is 1. The molecule has 0 aromatic heterocycles. The molecule has 0 radical (unpaired) electrons. The van der Waals surface area contributed by atoms with Gasteiger partial charge in [-0.05, 0) is 31.6 Å². The number of carbonyl (C=O) groups excluding carboxylic acids is 1. The fourth-order valence-electron chi connectivity index (χ4n) is 1.92. The summed E-state index contributed by atoms with van der Waals surface area (Å²) in [6.07, 6.45) is 4.16. The van der Waals surface area contributed by atoms with Crippen molar-refractivity contribution < 1.29 is 19.4 Å². The summed E-state index contributed by atoms with van der Waals surface area (Å²) in [5.41, 5.74) is 0. The van der Waals surface area contributed by atoms with Gasteiger partial charge in [-0.2, -0.15) is 0 Å². The second-order valence-corrected chi connectivity index (χ2v) is 3.81. The highest BCUT2D eigenvalue weighted by molar-refractivity contribution is 6.32. The number of carboxylic acid groups (broad SMARTS) is 1. The molecule has 14 heavy (non-hydrogen) atoms. The highest BCUT2D eigenvalue weighted by atomic mass is 16.5. The van der Waals surface area contributed by atoms with Crippen molar-refractivity contribution in [2.75, 3.05) is 7.11 Å². The van der Waals surface area contributed by atoms with E-state index in [-0.39, 0.29) is 12.3 Å². The Morgan fingerprint density at radius 1 is 1.29 bits per heavy atom. The molecule has 0 aromatic carbocycles. The molecule has 80 valence electrons. The first-order chi connectivity index (χ1) is 6.63. The van der Waals surface area contributed by atoms with Gasteiger partial charge >= 0.3 is 5.97 Å². The summed E-state index contributed by atoms with van der Waals surface area (Å²) in [7, 11) is 1.69. The number of hydrogen-bond acceptors (Lipinski definition) is 3. The standard InChI is InChI=1S/C10H16O4/c1-14-8-4-2-7(3-5-8)6-9(11)10(12)13/h7-8H,2-6H2,1H3,(H,12,13). The van der Waals surface area contributed by atoms with Crippen molar-refractivity contribution in [2.45, 2.75) is 38.2 Å². The van der Waals surface area contributed by atoms with Crippen molar-refractivity contribution in [3.05, 3.63) is 0 Å². The van der Waals surface area contributed by atoms with E-state index in [1.807, 2.05) is 0 Å². The summed E-state index contributed by atoms with van der Waals surface area (Å²) < 4.78 is 5.19. The van der Waals surface area contributed by atoms with Gasteiger partial charge < -0.3 is 9.84 Å². The highest BCUT2D eigenvalue weighted by Gasteiger charge is 2.24. The van der Waals surface area contributed by atoms with Crippen LogP contribution in [-0.2, 0) is 14.3 Å². The monoisotopic (exact) mass is 200 g/mol. The Hall–Kier alpha value is -0.900. The number of carbonyl (C=O) groups is 2. The Kier molecular flexibility index (Phi) is 4.07. The van der Waals surface area contributed by atoms with Gasteiger partial charge in [0.1, 0.15) is 0 Å². The van der Waals surface area contributed by atoms with Gasteiger partial charge in [0, 0.05) is 13.5 Å². The quantitative estimate of drug-likeness (QED) is 0.693. The minimum Gasteiger partial charge on any atom is -0.476 e. The Bertz CT molecular complexity index is 216. The summed E-state index contributed by atoms with van der Waals surface area (Å²) >= 11 is 0. The van der Waals surface area contributed by atoms with Crippen LogP contribution in [0.15, 0.2) is 0 Å². The predicted molar refractivity (Wildman–Crippen MR) is 50.0 cm³/mol. The summed E-state index contributed by atoms with van der Waals surface area (Å²) in [5, 5.41) is 8.44. The van der Waals surface area contributed by atoms with Gasteiger partial charge in [-0.3, -0.25) is 4.79 Å². The molecule has 1 N–H and O–H groups in total. The van der Waals surface area contributed by atoms with Crippen LogP contribution in [0.25, 0.3) is 0 Å². The maximum atomic E-state index is 10.9. The van der Waals surface area contributed by atoms with Gasteiger partial charge in [-0.1, -0.05) is 0 Å². The highest BCUT2D eigenvalue weighted by Crippen LogP contribution is 2.28. The zero-order valence-electron chi connectivity index (χ0n) is 8.36. The molecule has 0 unspecified atom stereocenters. The first-order valence-electron chi connectivity index (χ1n) is 4.92. The largest absolute Gasteiger partial charge is 0.476 e. The molecule has 0 spiro atoms. The molecule has 0 aromatic rings. The minimum atomic E-state index is -1.31. The van der Waals surface area contributed by atoms with Crippen LogP contribution in [0.5, 0.6) is 0 Å². The average Bonchev–Trinajstić information content (AvgIpc) is 2.19. The van der Waals surface area contributed by atoms with E-state index < -0.39 is 11.8 Å². The normalized spacial score (nSPS) is 27.2. The van der Waals surface area contributed by atoms with Crippen LogP contribution in [-0.4, -0.2) is 30.1 Å². The zero-order chi connectivity index (χ0) is 10.6. The summed E-state index contributed by atoms with van der Waals surface area (Å²) in [4.78, 5) is 21.3. The summed E-state index contributed by atoms with van der Waals surface area (Å²) in [6.45, 7) is 0. The predicted octanol–water partition coefficient (Wildman–Crippen LogP) is 1.24. The molecule has 1 aliphatic rings. The SMILES string of the molecule is COC1CCC(CC(=O)C(=O)O)CC1. The van der Waals surface area contributed by atoms with Gasteiger partial charge in [0.2, 0.25) is 5.78 Å². The zero-order valence-corrected chi connectivity index (χ0v) is 8.36. The third kappa shape index (κ3) is 3.10. The summed E-state index contributed by atoms with van der Waals surface area (Å²) in [6, 6.07) is 0. The smallest absolute Gasteiger partial charge is 0.372 e. The lowest BCUT2D eigenvalue weighted by Gasteiger charge is -2.26. The number of hydrogen-bond donors (Lipinski definition) is 1. The van der Waals surface area contributed by atoms with E-state index in [0.29, 0.717) is 6.10 Å². The van der Waals surface area contributed by atoms with Crippen molar-refractivity contribution >= 4 is 11.8 Å². The van der Waals surface area contributed by atoms with Gasteiger partial charge in [-0.15, -0.1) is 0 Å². The average molecular weight is 200 g/mol. The van der Waals surface area contributed by atoms with Crippen molar-refractivity contribution in [1.82, 2.24) is 0 Å². The molecule has 0 aliphatic heterocycles. The first-order valence-corrected chi connectivity index (χ1v) is 4.92. The molecule has 0 heterocycles. The Balaban J connectivity index is 2.29. The van der Waals surface area contributed by atoms with Gasteiger partial charge in [-0.25, -0.2) is 4.79 Å². The van der Waals surface area contributed by atoms with E-state index in [0.717, 1.165) is 25.7 Å². The number of aliphatic carboxylic acids is 1. The van der Waals surface area contributed by atoms with Gasteiger partial charge in [0.25, 0.3) is 0 Å². The van der Waals surface area contributed by atoms with Crippen LogP contribution in [0, 0.1) is 5.92 Å². The maximum Gasteiger partial charge on any atom is 0.372 e. The van der Waals surface area contributed by atoms with E-state index in [2.05, 4.69) is 0 Å². The van der Waals surface area contributed by atoms with Crippen LogP contribution in [0.3, 0.4) is 0 Å². The van der Waals surface area contributed by atoms with Crippen molar-refractivity contribution in [1.29, 1.82) is 0 Å². The Labute approximate surface area is 83.2 Å². The van der Waals surface area contributed by atoms with Crippen LogP contribution < -0.4 is 0 Å². The summed E-state index contributed by atoms with van der Waals surface area (Å²) in [5.74, 6) is -1.73. The van der Waals surface area contributed by atoms with Crippen molar-refractivity contribution in [3.63, 3.8) is 0 Å². The fraction of sp³-hybridized carbons (Fsp3) is 0.800. The van der Waals surface area contributed by atoms with Gasteiger partial charge in [0.05, 0.1) is 6.10 Å².